The molecule has 0 aliphatic carbocycles. The molecule has 5 heteroatoms. The Balaban J connectivity index is 0. The summed E-state index contributed by atoms with van der Waals surface area (Å²) in [6.07, 6.45) is 0. The van der Waals surface area contributed by atoms with Gasteiger partial charge >= 0.3 is 344 Å². The molecule has 0 aromatic heterocycles. The zero-order valence-corrected chi connectivity index (χ0v) is 36.4. The molecule has 0 aliphatic rings. The maximum Gasteiger partial charge on any atom is 1.00 e. The zero-order chi connectivity index (χ0) is 0. The minimum absolute atomic E-state index is 0. The van der Waals surface area contributed by atoms with Gasteiger partial charge in [-0.3, -0.25) is 0 Å². The molecule has 0 aromatic carbocycles. The predicted octanol–water partition coefficient (Wildman–Crippen LogP) is -14.4. The van der Waals surface area contributed by atoms with Crippen LogP contribution in [0.25, 0.3) is 0 Å². The third-order valence-corrected chi connectivity index (χ3v) is 0. The maximum absolute atomic E-state index is 0. The maximum atomic E-state index is 0. The molecule has 0 amide bonds. The molecule has 0 spiro atoms. The molecule has 0 aliphatic heterocycles. The Morgan fingerprint density at radius 1 is 0.400 bits per heavy atom. The summed E-state index contributed by atoms with van der Waals surface area (Å²) in [4.78, 5) is 0. The van der Waals surface area contributed by atoms with Gasteiger partial charge in [-0.1, -0.05) is 0 Å². The van der Waals surface area contributed by atoms with Crippen molar-refractivity contribution in [1.82, 2.24) is 0 Å². The van der Waals surface area contributed by atoms with Crippen molar-refractivity contribution in [3.8, 4) is 0 Å². The van der Waals surface area contributed by atoms with Crippen molar-refractivity contribution >= 4 is 0 Å². The van der Waals surface area contributed by atoms with E-state index >= 15 is 0 Å². The minimum Gasteiger partial charge on any atom is -1.00 e. The topological polar surface area (TPSA) is 0 Å². The van der Waals surface area contributed by atoms with E-state index in [-0.39, 0.29) is 352 Å². The van der Waals surface area contributed by atoms with Gasteiger partial charge in [-0.15, -0.1) is 0 Å². The molecule has 0 saturated heterocycles. The van der Waals surface area contributed by atoms with E-state index in [0.29, 0.717) is 0 Å². The average Bonchev–Trinajstić information content (AvgIpc) is 0. The van der Waals surface area contributed by atoms with Gasteiger partial charge < -0.3 is 7.13 Å². The fourth-order valence-electron chi connectivity index (χ4n) is 0. The standard InChI is InChI=1S/5Cs.5H/q5*+1;5*-1. The van der Waals surface area contributed by atoms with Crippen LogP contribution in [0.3, 0.4) is 0 Å². The van der Waals surface area contributed by atoms with Gasteiger partial charge in [-0.2, -0.15) is 0 Å². The van der Waals surface area contributed by atoms with Crippen molar-refractivity contribution in [2.24, 2.45) is 0 Å². The van der Waals surface area contributed by atoms with E-state index in [1.807, 2.05) is 0 Å². The van der Waals surface area contributed by atoms with Crippen molar-refractivity contribution in [3.63, 3.8) is 0 Å². The van der Waals surface area contributed by atoms with Crippen molar-refractivity contribution in [1.29, 1.82) is 0 Å². The molecular weight excluding hydrogens is 665 g/mol. The number of rotatable bonds is 0. The van der Waals surface area contributed by atoms with Crippen LogP contribution in [-0.2, 0) is 0 Å². The first-order valence-electron chi connectivity index (χ1n) is 0. The van der Waals surface area contributed by atoms with E-state index in [9.17, 15) is 0 Å². The summed E-state index contributed by atoms with van der Waals surface area (Å²) in [7, 11) is 0. The summed E-state index contributed by atoms with van der Waals surface area (Å²) in [6.45, 7) is 0. The monoisotopic (exact) mass is 670 g/mol. The molecule has 0 atom stereocenters. The van der Waals surface area contributed by atoms with Crippen LogP contribution >= 0.6 is 0 Å². The Hall–Kier alpha value is 10.3. The molecule has 0 aromatic rings. The number of hydrogen-bond donors (Lipinski definition) is 0. The van der Waals surface area contributed by atoms with E-state index in [4.69, 9.17) is 0 Å². The second-order valence-electron chi connectivity index (χ2n) is 0. The number of hydrogen-bond acceptors (Lipinski definition) is 0. The van der Waals surface area contributed by atoms with Crippen molar-refractivity contribution < 1.29 is 352 Å². The Bertz CT molecular complexity index is 10.0. The molecule has 10 valence electrons. The third-order valence-electron chi connectivity index (χ3n) is 0. The fraction of sp³-hybridized carbons (Fsp3) is 0. The summed E-state index contributed by atoms with van der Waals surface area (Å²) in [5.41, 5.74) is 0. The van der Waals surface area contributed by atoms with E-state index in [1.165, 1.54) is 0 Å². The van der Waals surface area contributed by atoms with Crippen LogP contribution in [0.15, 0.2) is 0 Å². The summed E-state index contributed by atoms with van der Waals surface area (Å²) in [5.74, 6) is 0. The van der Waals surface area contributed by atoms with E-state index in [0.717, 1.165) is 0 Å². The largest absolute Gasteiger partial charge is 1.00 e. The Morgan fingerprint density at radius 2 is 0.400 bits per heavy atom. The van der Waals surface area contributed by atoms with Crippen molar-refractivity contribution in [2.45, 2.75) is 0 Å². The van der Waals surface area contributed by atoms with E-state index < -0.39 is 0 Å². The minimum atomic E-state index is 0. The normalized spacial score (nSPS) is 0. The van der Waals surface area contributed by atoms with Gasteiger partial charge in [-0.25, -0.2) is 0 Å². The second kappa shape index (κ2) is 23.8. The molecular formula is H5Cs5. The van der Waals surface area contributed by atoms with Crippen molar-refractivity contribution in [3.05, 3.63) is 0 Å². The van der Waals surface area contributed by atoms with Crippen LogP contribution in [0.2, 0.25) is 0 Å². The van der Waals surface area contributed by atoms with Gasteiger partial charge in [0.25, 0.3) is 0 Å². The molecule has 0 bridgehead atoms. The molecule has 0 unspecified atom stereocenters. The van der Waals surface area contributed by atoms with Crippen LogP contribution < -0.4 is 344 Å². The molecule has 5 heavy (non-hydrogen) atoms. The quantitative estimate of drug-likeness (QED) is 0.241. The second-order valence-corrected chi connectivity index (χ2v) is 0. The van der Waals surface area contributed by atoms with Crippen LogP contribution in [0.1, 0.15) is 7.13 Å². The first kappa shape index (κ1) is 29.5. The zero-order valence-electron chi connectivity index (χ0n) is 10.0. The van der Waals surface area contributed by atoms with Gasteiger partial charge in [0.05, 0.1) is 0 Å². The molecule has 0 rings (SSSR count). The summed E-state index contributed by atoms with van der Waals surface area (Å²) >= 11 is 0. The van der Waals surface area contributed by atoms with Gasteiger partial charge in [0, 0.05) is 0 Å². The smallest absolute Gasteiger partial charge is 1.00 e. The van der Waals surface area contributed by atoms with Crippen LogP contribution in [0, 0.1) is 0 Å². The van der Waals surface area contributed by atoms with E-state index in [2.05, 4.69) is 0 Å². The van der Waals surface area contributed by atoms with Gasteiger partial charge in [0.2, 0.25) is 0 Å². The molecule has 0 radical (unpaired) electrons. The molecule has 0 N–H and O–H groups in total. The van der Waals surface area contributed by atoms with Crippen LogP contribution in [0.4, 0.5) is 0 Å². The third kappa shape index (κ3) is 20.4. The van der Waals surface area contributed by atoms with Crippen LogP contribution in [0.5, 0.6) is 0 Å². The van der Waals surface area contributed by atoms with Gasteiger partial charge in [0.15, 0.2) is 0 Å². The Morgan fingerprint density at radius 3 is 0.400 bits per heavy atom. The molecule has 0 heterocycles. The fourth-order valence-corrected chi connectivity index (χ4v) is 0. The first-order chi connectivity index (χ1) is 0. The molecule has 0 nitrogen and oxygen atoms in total. The van der Waals surface area contributed by atoms with Crippen molar-refractivity contribution in [2.75, 3.05) is 0 Å². The average molecular weight is 670 g/mol. The Kier molecular flexibility index (Phi) is 140. The van der Waals surface area contributed by atoms with Crippen LogP contribution in [-0.4, -0.2) is 0 Å². The first-order valence-corrected chi connectivity index (χ1v) is 0. The van der Waals surface area contributed by atoms with Gasteiger partial charge in [-0.05, 0) is 0 Å². The Labute approximate surface area is 335 Å². The molecule has 0 saturated carbocycles. The summed E-state index contributed by atoms with van der Waals surface area (Å²) in [6, 6.07) is 0. The SMILES string of the molecule is [Cs+].[Cs+].[Cs+].[Cs+].[Cs+].[H-].[H-].[H-].[H-].[H-]. The van der Waals surface area contributed by atoms with Gasteiger partial charge in [0.1, 0.15) is 0 Å². The van der Waals surface area contributed by atoms with E-state index in [1.54, 1.807) is 0 Å². The summed E-state index contributed by atoms with van der Waals surface area (Å²) < 4.78 is 0. The summed E-state index contributed by atoms with van der Waals surface area (Å²) in [5, 5.41) is 0. The predicted molar refractivity (Wildman–Crippen MR) is 5.56 cm³/mol. The molecule has 0 fully saturated rings.